The van der Waals surface area contributed by atoms with Crippen LogP contribution >= 0.6 is 11.3 Å². The molecule has 0 radical (unpaired) electrons. The van der Waals surface area contributed by atoms with Crippen LogP contribution in [0.3, 0.4) is 0 Å². The first-order valence-electron chi connectivity index (χ1n) is 9.94. The number of fused-ring (bicyclic) bond motifs is 1. The molecule has 1 saturated heterocycles. The summed E-state index contributed by atoms with van der Waals surface area (Å²) in [5.74, 6) is -0.683. The summed E-state index contributed by atoms with van der Waals surface area (Å²) < 4.78 is 25.6. The third kappa shape index (κ3) is 3.99. The van der Waals surface area contributed by atoms with Crippen LogP contribution in [0.5, 0.6) is 0 Å². The molecule has 1 fully saturated rings. The Balaban J connectivity index is 1.53. The first kappa shape index (κ1) is 21.0. The van der Waals surface area contributed by atoms with Crippen LogP contribution in [-0.4, -0.2) is 77.8 Å². The van der Waals surface area contributed by atoms with Crippen molar-refractivity contribution in [2.75, 3.05) is 38.5 Å². The number of carbonyl (C=O) groups excluding carboxylic acids is 2. The van der Waals surface area contributed by atoms with Gasteiger partial charge >= 0.3 is 0 Å². The summed E-state index contributed by atoms with van der Waals surface area (Å²) in [4.78, 5) is 34.8. The maximum absolute atomic E-state index is 13.4. The van der Waals surface area contributed by atoms with E-state index in [9.17, 15) is 18.0 Å². The van der Waals surface area contributed by atoms with E-state index in [1.165, 1.54) is 15.6 Å². The van der Waals surface area contributed by atoms with E-state index < -0.39 is 15.9 Å². The molecule has 0 aliphatic carbocycles. The summed E-state index contributed by atoms with van der Waals surface area (Å²) >= 11 is 1.38. The molecule has 2 aliphatic heterocycles. The summed E-state index contributed by atoms with van der Waals surface area (Å²) in [6.07, 6.45) is 1.67. The minimum Gasteiger partial charge on any atom is -0.339 e. The molecule has 10 heteroatoms. The highest BCUT2D eigenvalue weighted by Crippen LogP contribution is 2.30. The Morgan fingerprint density at radius 1 is 1.13 bits per heavy atom. The third-order valence-electron chi connectivity index (χ3n) is 5.65. The van der Waals surface area contributed by atoms with Gasteiger partial charge in [-0.05, 0) is 30.0 Å². The van der Waals surface area contributed by atoms with Crippen LogP contribution < -0.4 is 0 Å². The lowest BCUT2D eigenvalue weighted by atomic mass is 9.93. The fraction of sp³-hybridized carbons (Fsp3) is 0.450. The first-order valence-corrected chi connectivity index (χ1v) is 12.4. The summed E-state index contributed by atoms with van der Waals surface area (Å²) in [6, 6.07) is 7.34. The van der Waals surface area contributed by atoms with Crippen molar-refractivity contribution in [3.8, 4) is 0 Å². The minimum absolute atomic E-state index is 0.0562. The van der Waals surface area contributed by atoms with E-state index >= 15 is 0 Å². The average Bonchev–Trinajstić information content (AvgIpc) is 3.32. The minimum atomic E-state index is -3.26. The number of hydrogen-bond acceptors (Lipinski definition) is 6. The average molecular weight is 449 g/mol. The van der Waals surface area contributed by atoms with E-state index in [-0.39, 0.29) is 24.1 Å². The molecule has 1 unspecified atom stereocenters. The second-order valence-electron chi connectivity index (χ2n) is 7.39. The van der Waals surface area contributed by atoms with Crippen molar-refractivity contribution in [3.05, 3.63) is 52.0 Å². The number of carbonyl (C=O) groups is 2. The fourth-order valence-electron chi connectivity index (χ4n) is 3.97. The Morgan fingerprint density at radius 2 is 1.90 bits per heavy atom. The molecule has 160 valence electrons. The van der Waals surface area contributed by atoms with E-state index in [2.05, 4.69) is 4.98 Å². The lowest BCUT2D eigenvalue weighted by Crippen LogP contribution is -2.53. The molecule has 30 heavy (non-hydrogen) atoms. The summed E-state index contributed by atoms with van der Waals surface area (Å²) in [5, 5.41) is 1.86. The Hall–Kier alpha value is -2.30. The maximum Gasteiger partial charge on any atom is 0.264 e. The Morgan fingerprint density at radius 3 is 2.57 bits per heavy atom. The molecule has 2 aromatic heterocycles. The molecule has 2 amide bonds. The Bertz CT molecular complexity index is 1030. The molecular formula is C20H24N4O4S2. The number of nitrogens with zero attached hydrogens (tertiary/aromatic N) is 4. The normalized spacial score (nSPS) is 20.1. The molecule has 4 heterocycles. The van der Waals surface area contributed by atoms with Gasteiger partial charge in [0.25, 0.3) is 5.91 Å². The van der Waals surface area contributed by atoms with Crippen LogP contribution in [0.25, 0.3) is 0 Å². The molecule has 0 spiro atoms. The van der Waals surface area contributed by atoms with Crippen LogP contribution in [0, 0.1) is 0 Å². The number of thiophene rings is 1. The highest BCUT2D eigenvalue weighted by Gasteiger charge is 2.38. The standard InChI is InChI=1S/C20H24N4O4S2/c1-2-30(27,28)24-10-8-22(9-11-24)19(25)16-14-23(20(26)17-6-4-12-29-17)13-15-5-3-7-21-18(15)16/h3-7,12,16H,2,8-11,13-14H2,1H3. The van der Waals surface area contributed by atoms with Crippen molar-refractivity contribution in [2.24, 2.45) is 0 Å². The number of amides is 2. The zero-order valence-corrected chi connectivity index (χ0v) is 18.4. The largest absolute Gasteiger partial charge is 0.339 e. The molecule has 2 aliphatic rings. The Labute approximate surface area is 180 Å². The van der Waals surface area contributed by atoms with Crippen molar-refractivity contribution >= 4 is 33.2 Å². The van der Waals surface area contributed by atoms with Gasteiger partial charge in [-0.3, -0.25) is 14.6 Å². The third-order valence-corrected chi connectivity index (χ3v) is 8.39. The monoisotopic (exact) mass is 448 g/mol. The lowest BCUT2D eigenvalue weighted by Gasteiger charge is -2.38. The molecule has 8 nitrogen and oxygen atoms in total. The molecule has 0 saturated carbocycles. The number of rotatable bonds is 4. The smallest absolute Gasteiger partial charge is 0.264 e. The molecule has 2 aromatic rings. The summed E-state index contributed by atoms with van der Waals surface area (Å²) in [5.41, 5.74) is 1.58. The van der Waals surface area contributed by atoms with E-state index in [1.54, 1.807) is 29.0 Å². The van der Waals surface area contributed by atoms with Crippen LogP contribution in [0.2, 0.25) is 0 Å². The quantitative estimate of drug-likeness (QED) is 0.705. The first-order chi connectivity index (χ1) is 14.4. The number of aromatic nitrogens is 1. The van der Waals surface area contributed by atoms with Crippen molar-refractivity contribution in [1.29, 1.82) is 0 Å². The molecule has 1 atom stereocenters. The molecule has 0 bridgehead atoms. The highest BCUT2D eigenvalue weighted by atomic mass is 32.2. The second-order valence-corrected chi connectivity index (χ2v) is 10.6. The van der Waals surface area contributed by atoms with Gasteiger partial charge in [-0.15, -0.1) is 11.3 Å². The van der Waals surface area contributed by atoms with Crippen LogP contribution in [0.15, 0.2) is 35.8 Å². The van der Waals surface area contributed by atoms with Gasteiger partial charge in [-0.1, -0.05) is 12.1 Å². The molecule has 0 aromatic carbocycles. The van der Waals surface area contributed by atoms with Crippen LogP contribution in [0.1, 0.15) is 33.8 Å². The van der Waals surface area contributed by atoms with E-state index in [1.807, 2.05) is 23.6 Å². The van der Waals surface area contributed by atoms with Crippen molar-refractivity contribution < 1.29 is 18.0 Å². The molecule has 4 rings (SSSR count). The van der Waals surface area contributed by atoms with Gasteiger partial charge < -0.3 is 9.80 Å². The zero-order valence-electron chi connectivity index (χ0n) is 16.7. The number of hydrogen-bond donors (Lipinski definition) is 0. The van der Waals surface area contributed by atoms with Crippen molar-refractivity contribution in [2.45, 2.75) is 19.4 Å². The Kier molecular flexibility index (Phi) is 5.90. The van der Waals surface area contributed by atoms with Gasteiger partial charge in [0, 0.05) is 45.5 Å². The second kappa shape index (κ2) is 8.44. The zero-order chi connectivity index (χ0) is 21.3. The predicted octanol–water partition coefficient (Wildman–Crippen LogP) is 1.38. The van der Waals surface area contributed by atoms with E-state index in [0.29, 0.717) is 43.3 Å². The molecular weight excluding hydrogens is 424 g/mol. The SMILES string of the molecule is CCS(=O)(=O)N1CCN(C(=O)C2CN(C(=O)c3cccs3)Cc3cccnc32)CC1. The van der Waals surface area contributed by atoms with Crippen LogP contribution in [-0.2, 0) is 21.4 Å². The van der Waals surface area contributed by atoms with Gasteiger partial charge in [-0.25, -0.2) is 8.42 Å². The van der Waals surface area contributed by atoms with E-state index in [0.717, 1.165) is 5.56 Å². The van der Waals surface area contributed by atoms with Gasteiger partial charge in [0.05, 0.1) is 22.2 Å². The molecule has 0 N–H and O–H groups in total. The van der Waals surface area contributed by atoms with Crippen LogP contribution in [0.4, 0.5) is 0 Å². The maximum atomic E-state index is 13.4. The van der Waals surface area contributed by atoms with Crippen molar-refractivity contribution in [1.82, 2.24) is 19.1 Å². The van der Waals surface area contributed by atoms with Gasteiger partial charge in [0.2, 0.25) is 15.9 Å². The number of piperazine rings is 1. The topological polar surface area (TPSA) is 90.9 Å². The van der Waals surface area contributed by atoms with Gasteiger partial charge in [-0.2, -0.15) is 4.31 Å². The summed E-state index contributed by atoms with van der Waals surface area (Å²) in [6.45, 7) is 3.59. The van der Waals surface area contributed by atoms with Gasteiger partial charge in [0.15, 0.2) is 0 Å². The fourth-order valence-corrected chi connectivity index (χ4v) is 5.75. The highest BCUT2D eigenvalue weighted by molar-refractivity contribution is 7.89. The van der Waals surface area contributed by atoms with E-state index in [4.69, 9.17) is 0 Å². The summed E-state index contributed by atoms with van der Waals surface area (Å²) in [7, 11) is -3.26. The number of sulfonamides is 1. The number of pyridine rings is 1. The predicted molar refractivity (Wildman–Crippen MR) is 114 cm³/mol. The van der Waals surface area contributed by atoms with Crippen molar-refractivity contribution in [3.63, 3.8) is 0 Å². The van der Waals surface area contributed by atoms with Gasteiger partial charge in [0.1, 0.15) is 0 Å². The lowest BCUT2D eigenvalue weighted by molar-refractivity contribution is -0.134.